The summed E-state index contributed by atoms with van der Waals surface area (Å²) in [5, 5.41) is 0. The van der Waals surface area contributed by atoms with E-state index >= 15 is 0 Å². The van der Waals surface area contributed by atoms with E-state index in [4.69, 9.17) is 0 Å². The molecule has 0 N–H and O–H groups in total. The van der Waals surface area contributed by atoms with Gasteiger partial charge in [-0.2, -0.15) is 0 Å². The Labute approximate surface area is 110 Å². The van der Waals surface area contributed by atoms with Crippen LogP contribution in [0.4, 0.5) is 5.69 Å². The highest BCUT2D eigenvalue weighted by molar-refractivity contribution is 6.07. The lowest BCUT2D eigenvalue weighted by atomic mass is 9.85. The highest BCUT2D eigenvalue weighted by Crippen LogP contribution is 2.42. The van der Waals surface area contributed by atoms with Crippen molar-refractivity contribution in [2.45, 2.75) is 47.0 Å². The molecule has 0 saturated carbocycles. The molecule has 0 saturated heterocycles. The number of carbonyl (C=O) groups is 1. The van der Waals surface area contributed by atoms with Crippen LogP contribution in [-0.4, -0.2) is 12.5 Å². The molecule has 0 unspecified atom stereocenters. The van der Waals surface area contributed by atoms with Crippen LogP contribution in [0.5, 0.6) is 0 Å². The lowest BCUT2D eigenvalue weighted by Crippen LogP contribution is -2.40. The van der Waals surface area contributed by atoms with Gasteiger partial charge in [-0.1, -0.05) is 38.5 Å². The molecule has 0 radical (unpaired) electrons. The second-order valence-electron chi connectivity index (χ2n) is 7.10. The quantitative estimate of drug-likeness (QED) is 0.739. The van der Waals surface area contributed by atoms with E-state index in [-0.39, 0.29) is 11.3 Å². The molecule has 98 valence electrons. The van der Waals surface area contributed by atoms with Crippen LogP contribution >= 0.6 is 0 Å². The third-order valence-electron chi connectivity index (χ3n) is 3.53. The summed E-state index contributed by atoms with van der Waals surface area (Å²) in [6.45, 7) is 13.4. The highest BCUT2D eigenvalue weighted by Gasteiger charge is 2.44. The van der Waals surface area contributed by atoms with Crippen molar-refractivity contribution in [2.24, 2.45) is 5.41 Å². The number of amides is 1. The first kappa shape index (κ1) is 13.1. The van der Waals surface area contributed by atoms with Crippen LogP contribution in [0.1, 0.15) is 45.7 Å². The number of benzene rings is 1. The Kier molecular flexibility index (Phi) is 2.80. The smallest absolute Gasteiger partial charge is 0.237 e. The lowest BCUT2D eigenvalue weighted by molar-refractivity contribution is -0.122. The fraction of sp³-hybridized carbons (Fsp3) is 0.562. The van der Waals surface area contributed by atoms with Gasteiger partial charge in [0, 0.05) is 12.2 Å². The Morgan fingerprint density at radius 3 is 2.39 bits per heavy atom. The summed E-state index contributed by atoms with van der Waals surface area (Å²) < 4.78 is 0. The minimum Gasteiger partial charge on any atom is -0.311 e. The Hall–Kier alpha value is -1.31. The minimum atomic E-state index is -0.396. The molecule has 18 heavy (non-hydrogen) atoms. The molecule has 2 nitrogen and oxygen atoms in total. The van der Waals surface area contributed by atoms with E-state index in [1.807, 2.05) is 18.7 Å². The summed E-state index contributed by atoms with van der Waals surface area (Å²) in [5.74, 6) is 0.220. The molecule has 0 aliphatic carbocycles. The molecule has 0 spiro atoms. The molecule has 0 bridgehead atoms. The van der Waals surface area contributed by atoms with Crippen LogP contribution in [0.2, 0.25) is 0 Å². The molecule has 1 aromatic rings. The number of hydrogen-bond acceptors (Lipinski definition) is 1. The second-order valence-corrected chi connectivity index (χ2v) is 7.10. The molecule has 0 aromatic heterocycles. The molecular weight excluding hydrogens is 222 g/mol. The summed E-state index contributed by atoms with van der Waals surface area (Å²) in [5.41, 5.74) is 3.18. The molecule has 2 rings (SSSR count). The van der Waals surface area contributed by atoms with Crippen LogP contribution in [0.15, 0.2) is 18.2 Å². The van der Waals surface area contributed by atoms with Crippen molar-refractivity contribution in [3.05, 3.63) is 29.3 Å². The first-order valence-corrected chi connectivity index (χ1v) is 6.56. The minimum absolute atomic E-state index is 0.109. The Morgan fingerprint density at radius 2 is 1.83 bits per heavy atom. The molecule has 1 aliphatic rings. The Balaban J connectivity index is 2.51. The zero-order valence-corrected chi connectivity index (χ0v) is 12.3. The predicted octanol–water partition coefficient (Wildman–Crippen LogP) is 3.67. The standard InChI is InChI=1S/C16H23NO/c1-11-7-8-13-12(9-11)16(5,6)14(18)17(13)10-15(2,3)4/h7-9H,10H2,1-6H3. The van der Waals surface area contributed by atoms with Crippen LogP contribution in [-0.2, 0) is 10.2 Å². The number of hydrogen-bond donors (Lipinski definition) is 0. The molecule has 1 aromatic carbocycles. The van der Waals surface area contributed by atoms with E-state index in [0.717, 1.165) is 17.8 Å². The summed E-state index contributed by atoms with van der Waals surface area (Å²) in [6, 6.07) is 6.32. The van der Waals surface area contributed by atoms with Crippen molar-refractivity contribution in [1.29, 1.82) is 0 Å². The molecule has 1 heterocycles. The molecule has 2 heteroatoms. The van der Waals surface area contributed by atoms with E-state index in [1.165, 1.54) is 5.56 Å². The van der Waals surface area contributed by atoms with Crippen LogP contribution in [0.25, 0.3) is 0 Å². The molecule has 1 amide bonds. The maximum Gasteiger partial charge on any atom is 0.237 e. The molecule has 0 fully saturated rings. The molecular formula is C16H23NO. The Morgan fingerprint density at radius 1 is 1.22 bits per heavy atom. The predicted molar refractivity (Wildman–Crippen MR) is 76.0 cm³/mol. The van der Waals surface area contributed by atoms with Crippen LogP contribution in [0, 0.1) is 12.3 Å². The first-order chi connectivity index (χ1) is 8.13. The number of anilines is 1. The summed E-state index contributed by atoms with van der Waals surface area (Å²) >= 11 is 0. The van der Waals surface area contributed by atoms with Crippen molar-refractivity contribution < 1.29 is 4.79 Å². The average Bonchev–Trinajstić information content (AvgIpc) is 2.39. The zero-order valence-electron chi connectivity index (χ0n) is 12.3. The normalized spacial score (nSPS) is 18.1. The van der Waals surface area contributed by atoms with Crippen LogP contribution < -0.4 is 4.90 Å². The number of nitrogens with zero attached hydrogens (tertiary/aromatic N) is 1. The summed E-state index contributed by atoms with van der Waals surface area (Å²) in [4.78, 5) is 14.6. The van der Waals surface area contributed by atoms with Crippen molar-refractivity contribution in [3.8, 4) is 0 Å². The van der Waals surface area contributed by atoms with Gasteiger partial charge in [-0.3, -0.25) is 4.79 Å². The fourth-order valence-electron chi connectivity index (χ4n) is 2.58. The van der Waals surface area contributed by atoms with Gasteiger partial charge in [0.25, 0.3) is 0 Å². The van der Waals surface area contributed by atoms with Crippen molar-refractivity contribution in [1.82, 2.24) is 0 Å². The fourth-order valence-corrected chi connectivity index (χ4v) is 2.58. The number of aryl methyl sites for hydroxylation is 1. The second kappa shape index (κ2) is 3.84. The van der Waals surface area contributed by atoms with Crippen LogP contribution in [0.3, 0.4) is 0 Å². The summed E-state index contributed by atoms with van der Waals surface area (Å²) in [7, 11) is 0. The van der Waals surface area contributed by atoms with Crippen molar-refractivity contribution in [3.63, 3.8) is 0 Å². The topological polar surface area (TPSA) is 20.3 Å². The van der Waals surface area contributed by atoms with E-state index in [9.17, 15) is 4.79 Å². The lowest BCUT2D eigenvalue weighted by Gasteiger charge is -2.28. The first-order valence-electron chi connectivity index (χ1n) is 6.56. The Bertz CT molecular complexity index is 494. The van der Waals surface area contributed by atoms with Crippen molar-refractivity contribution >= 4 is 11.6 Å². The van der Waals surface area contributed by atoms with Gasteiger partial charge >= 0.3 is 0 Å². The number of fused-ring (bicyclic) bond motifs is 1. The average molecular weight is 245 g/mol. The van der Waals surface area contributed by atoms with Gasteiger partial charge < -0.3 is 4.90 Å². The highest BCUT2D eigenvalue weighted by atomic mass is 16.2. The van der Waals surface area contributed by atoms with E-state index in [2.05, 4.69) is 45.9 Å². The van der Waals surface area contributed by atoms with Crippen molar-refractivity contribution in [2.75, 3.05) is 11.4 Å². The van der Waals surface area contributed by atoms with Gasteiger partial charge in [0.15, 0.2) is 0 Å². The third-order valence-corrected chi connectivity index (χ3v) is 3.53. The van der Waals surface area contributed by atoms with Gasteiger partial charge in [-0.15, -0.1) is 0 Å². The zero-order chi connectivity index (χ0) is 13.7. The van der Waals surface area contributed by atoms with Gasteiger partial charge in [-0.25, -0.2) is 0 Å². The molecule has 1 aliphatic heterocycles. The largest absolute Gasteiger partial charge is 0.311 e. The van der Waals surface area contributed by atoms with E-state index in [1.54, 1.807) is 0 Å². The maximum atomic E-state index is 12.6. The van der Waals surface area contributed by atoms with Gasteiger partial charge in [0.2, 0.25) is 5.91 Å². The number of carbonyl (C=O) groups excluding carboxylic acids is 1. The van der Waals surface area contributed by atoms with E-state index < -0.39 is 5.41 Å². The number of rotatable bonds is 1. The summed E-state index contributed by atoms with van der Waals surface area (Å²) in [6.07, 6.45) is 0. The maximum absolute atomic E-state index is 12.6. The third kappa shape index (κ3) is 2.05. The van der Waals surface area contributed by atoms with Gasteiger partial charge in [0.1, 0.15) is 0 Å². The van der Waals surface area contributed by atoms with Gasteiger partial charge in [0.05, 0.1) is 5.41 Å². The van der Waals surface area contributed by atoms with Gasteiger partial charge in [-0.05, 0) is 37.8 Å². The monoisotopic (exact) mass is 245 g/mol. The van der Waals surface area contributed by atoms with E-state index in [0.29, 0.717) is 0 Å². The SMILES string of the molecule is Cc1ccc2c(c1)C(C)(C)C(=O)N2CC(C)(C)C. The molecule has 0 atom stereocenters.